The van der Waals surface area contributed by atoms with Crippen LogP contribution in [0.15, 0.2) is 4.99 Å². The van der Waals surface area contributed by atoms with Gasteiger partial charge in [-0.3, -0.25) is 9.59 Å². The number of aliphatic imine (C=N–C) groups is 1. The van der Waals surface area contributed by atoms with Gasteiger partial charge in [-0.05, 0) is 0 Å². The van der Waals surface area contributed by atoms with E-state index in [0.29, 0.717) is 0 Å². The molecule has 0 saturated heterocycles. The van der Waals surface area contributed by atoms with Gasteiger partial charge in [-0.2, -0.15) is 4.99 Å². The number of carbonyl (C=O) groups is 2. The van der Waals surface area contributed by atoms with Crippen LogP contribution in [0.2, 0.25) is 0 Å². The summed E-state index contributed by atoms with van der Waals surface area (Å²) in [4.78, 5) is 23.5. The summed E-state index contributed by atoms with van der Waals surface area (Å²) >= 11 is 0. The molecule has 0 atom stereocenters. The number of carbonyl (C=O) groups excluding carboxylic acids is 2. The first kappa shape index (κ1) is 8.41. The van der Waals surface area contributed by atoms with Gasteiger partial charge in [0.25, 0.3) is 5.91 Å². The molecule has 0 saturated carbocycles. The average Bonchev–Trinajstić information content (AvgIpc) is 1.58. The van der Waals surface area contributed by atoms with Gasteiger partial charge in [-0.15, -0.1) is 0 Å². The third-order valence-corrected chi connectivity index (χ3v) is 0.579. The third kappa shape index (κ3) is 4.57. The first-order valence-electron chi connectivity index (χ1n) is 2.43. The van der Waals surface area contributed by atoms with Crippen LogP contribution in [0.25, 0.3) is 0 Å². The zero-order chi connectivity index (χ0) is 8.15. The average molecular weight is 144 g/mol. The quantitative estimate of drug-likeness (QED) is 0.228. The van der Waals surface area contributed by atoms with Crippen LogP contribution in [0.4, 0.5) is 0 Å². The lowest BCUT2D eigenvalue weighted by atomic mass is 10.4. The van der Waals surface area contributed by atoms with E-state index in [-0.39, 0.29) is 5.96 Å². The topological polar surface area (TPSA) is 125 Å². The van der Waals surface area contributed by atoms with Gasteiger partial charge in [0.1, 0.15) is 6.42 Å². The van der Waals surface area contributed by atoms with E-state index < -0.39 is 18.2 Å². The molecule has 56 valence electrons. The van der Waals surface area contributed by atoms with Crippen molar-refractivity contribution in [3.63, 3.8) is 0 Å². The van der Waals surface area contributed by atoms with Crippen molar-refractivity contribution >= 4 is 17.8 Å². The molecule has 0 heterocycles. The van der Waals surface area contributed by atoms with Crippen molar-refractivity contribution in [1.82, 2.24) is 0 Å². The summed E-state index contributed by atoms with van der Waals surface area (Å²) in [6.07, 6.45) is -0.460. The molecule has 6 N–H and O–H groups in total. The van der Waals surface area contributed by atoms with Crippen LogP contribution < -0.4 is 17.2 Å². The number of nitrogens with zero attached hydrogens (tertiary/aromatic N) is 1. The lowest BCUT2D eigenvalue weighted by molar-refractivity contribution is -0.125. The number of rotatable bonds is 2. The van der Waals surface area contributed by atoms with Gasteiger partial charge in [0.2, 0.25) is 5.91 Å². The van der Waals surface area contributed by atoms with Gasteiger partial charge in [0.15, 0.2) is 5.96 Å². The second kappa shape index (κ2) is 3.44. The molecular formula is C4H8N4O2. The van der Waals surface area contributed by atoms with Crippen LogP contribution in [0.3, 0.4) is 0 Å². The fourth-order valence-corrected chi connectivity index (χ4v) is 0.333. The fourth-order valence-electron chi connectivity index (χ4n) is 0.333. The normalized spacial score (nSPS) is 8.40. The number of guanidine groups is 1. The molecule has 0 bridgehead atoms. The van der Waals surface area contributed by atoms with Gasteiger partial charge in [0, 0.05) is 0 Å². The van der Waals surface area contributed by atoms with E-state index >= 15 is 0 Å². The number of hydrogen-bond acceptors (Lipinski definition) is 2. The number of primary amides is 1. The van der Waals surface area contributed by atoms with Crippen LogP contribution >= 0.6 is 0 Å². The third-order valence-electron chi connectivity index (χ3n) is 0.579. The van der Waals surface area contributed by atoms with Crippen molar-refractivity contribution in [3.05, 3.63) is 0 Å². The van der Waals surface area contributed by atoms with E-state index in [2.05, 4.69) is 10.7 Å². The lowest BCUT2D eigenvalue weighted by Gasteiger charge is -1.89. The molecule has 10 heavy (non-hydrogen) atoms. The second-order valence-corrected chi connectivity index (χ2v) is 1.57. The van der Waals surface area contributed by atoms with Crippen LogP contribution in [0, 0.1) is 0 Å². The Hall–Kier alpha value is -1.59. The Morgan fingerprint density at radius 1 is 1.20 bits per heavy atom. The Labute approximate surface area is 57.1 Å². The van der Waals surface area contributed by atoms with Crippen LogP contribution in [0.5, 0.6) is 0 Å². The molecule has 0 aromatic heterocycles. The Balaban J connectivity index is 3.88. The summed E-state index contributed by atoms with van der Waals surface area (Å²) in [5.74, 6) is -1.85. The molecule has 0 rings (SSSR count). The molecule has 0 aliphatic carbocycles. The molecule has 0 aromatic rings. The van der Waals surface area contributed by atoms with Crippen molar-refractivity contribution < 1.29 is 9.59 Å². The molecule has 0 unspecified atom stereocenters. The molecule has 0 radical (unpaired) electrons. The maximum absolute atomic E-state index is 10.4. The van der Waals surface area contributed by atoms with Crippen molar-refractivity contribution in [2.24, 2.45) is 22.2 Å². The van der Waals surface area contributed by atoms with E-state index in [9.17, 15) is 9.59 Å². The summed E-state index contributed by atoms with van der Waals surface area (Å²) in [6.45, 7) is 0. The molecule has 0 aromatic carbocycles. The zero-order valence-electron chi connectivity index (χ0n) is 5.20. The standard InChI is InChI=1S/C4H8N4O2/c5-2(9)1-3(10)8-4(6)7/h1H2,(H2,5,9)(H4,6,7,8,10). The van der Waals surface area contributed by atoms with E-state index in [1.165, 1.54) is 0 Å². The Morgan fingerprint density at radius 3 is 2.00 bits per heavy atom. The van der Waals surface area contributed by atoms with Crippen LogP contribution in [0.1, 0.15) is 6.42 Å². The van der Waals surface area contributed by atoms with Gasteiger partial charge >= 0.3 is 0 Å². The Kier molecular flexibility index (Phi) is 2.89. The highest BCUT2D eigenvalue weighted by molar-refractivity contribution is 6.01. The molecule has 0 aliphatic rings. The summed E-state index contributed by atoms with van der Waals surface area (Å²) in [5.41, 5.74) is 14.3. The van der Waals surface area contributed by atoms with E-state index in [4.69, 9.17) is 11.5 Å². The van der Waals surface area contributed by atoms with E-state index in [1.54, 1.807) is 0 Å². The van der Waals surface area contributed by atoms with Gasteiger partial charge in [-0.25, -0.2) is 0 Å². The minimum absolute atomic E-state index is 0.369. The van der Waals surface area contributed by atoms with Crippen molar-refractivity contribution in [2.45, 2.75) is 6.42 Å². The Morgan fingerprint density at radius 2 is 1.70 bits per heavy atom. The molecular weight excluding hydrogens is 136 g/mol. The largest absolute Gasteiger partial charge is 0.370 e. The van der Waals surface area contributed by atoms with Gasteiger partial charge in [-0.1, -0.05) is 0 Å². The number of amides is 2. The molecule has 6 heteroatoms. The monoisotopic (exact) mass is 144 g/mol. The molecule has 6 nitrogen and oxygen atoms in total. The van der Waals surface area contributed by atoms with Crippen molar-refractivity contribution in [1.29, 1.82) is 0 Å². The maximum Gasteiger partial charge on any atom is 0.258 e. The summed E-state index contributed by atoms with van der Waals surface area (Å²) in [5, 5.41) is 0. The predicted octanol–water partition coefficient (Wildman–Crippen LogP) is -2.34. The first-order chi connectivity index (χ1) is 4.52. The number of hydrogen-bond donors (Lipinski definition) is 3. The minimum atomic E-state index is -0.755. The van der Waals surface area contributed by atoms with Gasteiger partial charge in [0.05, 0.1) is 0 Å². The van der Waals surface area contributed by atoms with Crippen LogP contribution in [-0.2, 0) is 9.59 Å². The van der Waals surface area contributed by atoms with E-state index in [1.807, 2.05) is 0 Å². The second-order valence-electron chi connectivity index (χ2n) is 1.57. The predicted molar refractivity (Wildman–Crippen MR) is 34.6 cm³/mol. The highest BCUT2D eigenvalue weighted by Gasteiger charge is 2.02. The lowest BCUT2D eigenvalue weighted by Crippen LogP contribution is -2.25. The highest BCUT2D eigenvalue weighted by atomic mass is 16.2. The van der Waals surface area contributed by atoms with Crippen molar-refractivity contribution in [2.75, 3.05) is 0 Å². The summed E-state index contributed by atoms with van der Waals surface area (Å²) in [6, 6.07) is 0. The number of nitrogens with two attached hydrogens (primary N) is 3. The molecule has 2 amide bonds. The maximum atomic E-state index is 10.4. The summed E-state index contributed by atoms with van der Waals surface area (Å²) in [7, 11) is 0. The van der Waals surface area contributed by atoms with Crippen molar-refractivity contribution in [3.8, 4) is 0 Å². The zero-order valence-corrected chi connectivity index (χ0v) is 5.20. The van der Waals surface area contributed by atoms with Gasteiger partial charge < -0.3 is 17.2 Å². The SMILES string of the molecule is NC(=O)CC(=O)N=C(N)N. The summed E-state index contributed by atoms with van der Waals surface area (Å²) < 4.78 is 0. The Bertz CT molecular complexity index is 182. The van der Waals surface area contributed by atoms with Crippen LogP contribution in [-0.4, -0.2) is 17.8 Å². The minimum Gasteiger partial charge on any atom is -0.370 e. The molecule has 0 aliphatic heterocycles. The molecule has 0 spiro atoms. The van der Waals surface area contributed by atoms with E-state index in [0.717, 1.165) is 0 Å². The first-order valence-corrected chi connectivity index (χ1v) is 2.43. The highest BCUT2D eigenvalue weighted by Crippen LogP contribution is 1.80. The smallest absolute Gasteiger partial charge is 0.258 e. The molecule has 0 fully saturated rings. The fraction of sp³-hybridized carbons (Fsp3) is 0.250.